The quantitative estimate of drug-likeness (QED) is 0.313. The third kappa shape index (κ3) is 3.34. The van der Waals surface area contributed by atoms with Gasteiger partial charge < -0.3 is 4.98 Å². The summed E-state index contributed by atoms with van der Waals surface area (Å²) in [5.74, 6) is 0.584. The van der Waals surface area contributed by atoms with Crippen molar-refractivity contribution < 1.29 is 4.39 Å². The van der Waals surface area contributed by atoms with Gasteiger partial charge in [0.25, 0.3) is 0 Å². The Hall–Kier alpha value is -3.91. The minimum Gasteiger partial charge on any atom is -0.335 e. The molecule has 32 heavy (non-hydrogen) atoms. The summed E-state index contributed by atoms with van der Waals surface area (Å²) >= 11 is 1.09. The summed E-state index contributed by atoms with van der Waals surface area (Å²) in [6.45, 7) is 7.79. The van der Waals surface area contributed by atoms with E-state index in [1.165, 1.54) is 6.07 Å². The van der Waals surface area contributed by atoms with Crippen LogP contribution < -0.4 is 0 Å². The maximum Gasteiger partial charge on any atom is 0.178 e. The zero-order chi connectivity index (χ0) is 22.2. The number of H-pyrrole nitrogens is 2. The molecule has 5 heterocycles. The Morgan fingerprint density at radius 3 is 2.84 bits per heavy atom. The predicted octanol–water partition coefficient (Wildman–Crippen LogP) is 6.30. The Morgan fingerprint density at radius 2 is 2.09 bits per heavy atom. The molecule has 0 fully saturated rings. The minimum atomic E-state index is -0.233. The number of fused-ring (bicyclic) bond motifs is 2. The lowest BCUT2D eigenvalue weighted by Gasteiger charge is -2.07. The highest BCUT2D eigenvalue weighted by Crippen LogP contribution is 2.34. The van der Waals surface area contributed by atoms with Gasteiger partial charge in [-0.05, 0) is 49.3 Å². The molecule has 0 aliphatic carbocycles. The van der Waals surface area contributed by atoms with Gasteiger partial charge in [0.05, 0.1) is 22.9 Å². The summed E-state index contributed by atoms with van der Waals surface area (Å²) in [5.41, 5.74) is 6.55. The van der Waals surface area contributed by atoms with Crippen LogP contribution in [0.1, 0.15) is 19.5 Å². The van der Waals surface area contributed by atoms with Gasteiger partial charge in [-0.1, -0.05) is 24.8 Å². The topological polar surface area (TPSA) is 83.1 Å². The Morgan fingerprint density at radius 1 is 1.22 bits per heavy atom. The second-order valence-corrected chi connectivity index (χ2v) is 8.26. The van der Waals surface area contributed by atoms with Crippen LogP contribution in [0.5, 0.6) is 0 Å². The number of halogens is 1. The number of thiophene rings is 1. The third-order valence-electron chi connectivity index (χ3n) is 5.26. The van der Waals surface area contributed by atoms with Crippen molar-refractivity contribution in [2.24, 2.45) is 0 Å². The smallest absolute Gasteiger partial charge is 0.178 e. The van der Waals surface area contributed by atoms with Gasteiger partial charge in [-0.2, -0.15) is 9.49 Å². The van der Waals surface area contributed by atoms with E-state index in [0.717, 1.165) is 55.0 Å². The number of hydrogen-bond acceptors (Lipinski definition) is 5. The van der Waals surface area contributed by atoms with Crippen LogP contribution in [0.3, 0.4) is 0 Å². The zero-order valence-electron chi connectivity index (χ0n) is 17.5. The number of imidazole rings is 1. The second-order valence-electron chi connectivity index (χ2n) is 7.22. The number of nitrogens with zero attached hydrogens (tertiary/aromatic N) is 4. The number of pyridine rings is 2. The number of rotatable bonds is 5. The fourth-order valence-corrected chi connectivity index (χ4v) is 4.54. The van der Waals surface area contributed by atoms with E-state index < -0.39 is 0 Å². The molecule has 0 spiro atoms. The van der Waals surface area contributed by atoms with Crippen LogP contribution in [0, 0.1) is 5.13 Å². The number of aromatic amines is 2. The summed E-state index contributed by atoms with van der Waals surface area (Å²) in [6.07, 6.45) is 9.20. The number of aromatic nitrogens is 6. The van der Waals surface area contributed by atoms with Gasteiger partial charge in [0.15, 0.2) is 16.6 Å². The van der Waals surface area contributed by atoms with Gasteiger partial charge in [-0.3, -0.25) is 10.1 Å². The third-order valence-corrected chi connectivity index (χ3v) is 6.17. The van der Waals surface area contributed by atoms with Gasteiger partial charge in [0.2, 0.25) is 0 Å². The van der Waals surface area contributed by atoms with E-state index in [0.29, 0.717) is 17.2 Å². The first-order valence-corrected chi connectivity index (χ1v) is 10.8. The summed E-state index contributed by atoms with van der Waals surface area (Å²) < 4.78 is 13.6. The molecule has 158 valence electrons. The summed E-state index contributed by atoms with van der Waals surface area (Å²) in [7, 11) is 0. The highest BCUT2D eigenvalue weighted by atomic mass is 32.1. The molecule has 0 aliphatic heterocycles. The molecule has 0 unspecified atom stereocenters. The van der Waals surface area contributed by atoms with Crippen molar-refractivity contribution in [3.05, 3.63) is 77.9 Å². The molecule has 5 aromatic rings. The van der Waals surface area contributed by atoms with Gasteiger partial charge in [0, 0.05) is 22.0 Å². The van der Waals surface area contributed by atoms with Gasteiger partial charge in [0.1, 0.15) is 5.69 Å². The molecule has 8 heteroatoms. The lowest BCUT2D eigenvalue weighted by molar-refractivity contribution is 0.657. The first-order chi connectivity index (χ1) is 15.6. The molecule has 0 radical (unpaired) electrons. The first-order valence-electron chi connectivity index (χ1n) is 10.0. The minimum absolute atomic E-state index is 0.233. The number of nitrogens with one attached hydrogen (secondary N) is 2. The second kappa shape index (κ2) is 7.97. The molecule has 0 atom stereocenters. The van der Waals surface area contributed by atoms with E-state index in [9.17, 15) is 4.39 Å². The van der Waals surface area contributed by atoms with E-state index in [1.807, 2.05) is 38.1 Å². The fourth-order valence-electron chi connectivity index (χ4n) is 3.78. The SMILES string of the molecule is C=C/C=C(C)\C(=C/C)c1cc2c(-c3nc4nccc(-c5ccc(F)s5)c4[nH]3)n[nH]c2cn1. The average molecular weight is 443 g/mol. The Balaban J connectivity index is 1.65. The Kier molecular flexibility index (Phi) is 4.99. The number of hydrogen-bond donors (Lipinski definition) is 2. The van der Waals surface area contributed by atoms with Crippen LogP contribution in [0.25, 0.3) is 49.6 Å². The van der Waals surface area contributed by atoms with E-state index >= 15 is 0 Å². The van der Waals surface area contributed by atoms with Crippen molar-refractivity contribution in [1.82, 2.24) is 30.1 Å². The monoisotopic (exact) mass is 442 g/mol. The Labute approximate surface area is 187 Å². The normalized spacial score (nSPS) is 12.7. The van der Waals surface area contributed by atoms with Crippen molar-refractivity contribution in [2.45, 2.75) is 13.8 Å². The van der Waals surface area contributed by atoms with Gasteiger partial charge >= 0.3 is 0 Å². The molecule has 0 amide bonds. The van der Waals surface area contributed by atoms with Gasteiger partial charge in [-0.25, -0.2) is 9.97 Å². The largest absolute Gasteiger partial charge is 0.335 e. The van der Waals surface area contributed by atoms with Crippen LogP contribution in [-0.4, -0.2) is 30.1 Å². The maximum atomic E-state index is 13.6. The average Bonchev–Trinajstić information content (AvgIpc) is 3.51. The van der Waals surface area contributed by atoms with E-state index in [4.69, 9.17) is 0 Å². The summed E-state index contributed by atoms with van der Waals surface area (Å²) in [5, 5.41) is 8.17. The maximum absolute atomic E-state index is 13.6. The van der Waals surface area contributed by atoms with Crippen LogP contribution in [-0.2, 0) is 0 Å². The van der Waals surface area contributed by atoms with Crippen molar-refractivity contribution >= 4 is 39.0 Å². The first kappa shape index (κ1) is 20.0. The standard InChI is InChI=1S/C24H19FN6S/c1-4-6-13(3)14(5-2)17-11-16-18(12-27-17)30-31-22(16)24-28-21-15(9-10-26-23(21)29-24)19-7-8-20(25)32-19/h4-12H,1H2,2-3H3,(H,30,31)(H,26,28,29)/b13-6-,14-5+. The molecule has 0 aliphatic rings. The molecule has 0 saturated carbocycles. The van der Waals surface area contributed by atoms with Crippen LogP contribution in [0.2, 0.25) is 0 Å². The Bertz CT molecular complexity index is 1530. The summed E-state index contributed by atoms with van der Waals surface area (Å²) in [6, 6.07) is 7.07. The molecular weight excluding hydrogens is 423 g/mol. The lowest BCUT2D eigenvalue weighted by Crippen LogP contribution is -1.91. The lowest BCUT2D eigenvalue weighted by atomic mass is 10.0. The van der Waals surface area contributed by atoms with E-state index in [-0.39, 0.29) is 5.13 Å². The zero-order valence-corrected chi connectivity index (χ0v) is 18.3. The van der Waals surface area contributed by atoms with Crippen LogP contribution >= 0.6 is 11.3 Å². The molecule has 6 nitrogen and oxygen atoms in total. The molecule has 0 bridgehead atoms. The van der Waals surface area contributed by atoms with Crippen LogP contribution in [0.15, 0.2) is 67.0 Å². The van der Waals surface area contributed by atoms with Gasteiger partial charge in [-0.15, -0.1) is 11.3 Å². The molecule has 0 saturated heterocycles. The highest BCUT2D eigenvalue weighted by molar-refractivity contribution is 7.14. The van der Waals surface area contributed by atoms with Crippen molar-refractivity contribution in [2.75, 3.05) is 0 Å². The highest BCUT2D eigenvalue weighted by Gasteiger charge is 2.17. The predicted molar refractivity (Wildman–Crippen MR) is 128 cm³/mol. The molecule has 5 aromatic heterocycles. The fraction of sp³-hybridized carbons (Fsp3) is 0.0833. The molecular formula is C24H19FN6S. The van der Waals surface area contributed by atoms with Crippen LogP contribution in [0.4, 0.5) is 4.39 Å². The summed E-state index contributed by atoms with van der Waals surface area (Å²) in [4.78, 5) is 17.8. The van der Waals surface area contributed by atoms with E-state index in [1.54, 1.807) is 24.5 Å². The molecule has 5 rings (SSSR count). The number of allylic oxidation sites excluding steroid dienone is 5. The van der Waals surface area contributed by atoms with Crippen molar-refractivity contribution in [3.63, 3.8) is 0 Å². The van der Waals surface area contributed by atoms with Crippen molar-refractivity contribution in [3.8, 4) is 22.0 Å². The molecule has 2 N–H and O–H groups in total. The van der Waals surface area contributed by atoms with E-state index in [2.05, 4.69) is 36.7 Å². The molecule has 0 aromatic carbocycles. The van der Waals surface area contributed by atoms with Crippen molar-refractivity contribution in [1.29, 1.82) is 0 Å².